The number of alkyl halides is 1. The van der Waals surface area contributed by atoms with E-state index in [0.717, 1.165) is 5.06 Å². The second-order valence-electron chi connectivity index (χ2n) is 3.67. The number of benzene rings is 1. The topological polar surface area (TPSA) is 38.8 Å². The average Bonchev–Trinajstić information content (AvgIpc) is 2.41. The molecular weight excluding hydrogens is 324 g/mol. The van der Waals surface area contributed by atoms with Gasteiger partial charge < -0.3 is 4.74 Å². The third kappa shape index (κ3) is 4.43. The maximum atomic E-state index is 13.5. The number of nitrogens with zero attached hydrogens (tertiary/aromatic N) is 1. The molecule has 0 saturated carbocycles. The van der Waals surface area contributed by atoms with Crippen LogP contribution in [-0.2, 0) is 9.63 Å². The Labute approximate surface area is 118 Å². The predicted molar refractivity (Wildman–Crippen MR) is 68.9 cm³/mol. The first-order valence-corrected chi connectivity index (χ1v) is 6.29. The van der Waals surface area contributed by atoms with Crippen LogP contribution >= 0.6 is 15.9 Å². The van der Waals surface area contributed by atoms with Crippen LogP contribution < -0.4 is 4.74 Å². The highest BCUT2D eigenvalue weighted by atomic mass is 79.9. The highest BCUT2D eigenvalue weighted by Crippen LogP contribution is 2.24. The van der Waals surface area contributed by atoms with E-state index in [2.05, 4.69) is 20.8 Å². The van der Waals surface area contributed by atoms with Crippen molar-refractivity contribution in [2.24, 2.45) is 0 Å². The summed E-state index contributed by atoms with van der Waals surface area (Å²) in [5.41, 5.74) is 0. The number of amides is 1. The van der Waals surface area contributed by atoms with Gasteiger partial charge in [-0.25, -0.2) is 13.8 Å². The summed E-state index contributed by atoms with van der Waals surface area (Å²) in [7, 11) is 2.57. The summed E-state index contributed by atoms with van der Waals surface area (Å²) in [6, 6.07) is 4.55. The van der Waals surface area contributed by atoms with E-state index < -0.39 is 17.9 Å². The Morgan fingerprint density at radius 1 is 1.53 bits per heavy atom. The van der Waals surface area contributed by atoms with E-state index in [1.54, 1.807) is 6.07 Å². The molecule has 0 aliphatic carbocycles. The molecule has 0 heterocycles. The first-order valence-electron chi connectivity index (χ1n) is 5.50. The van der Waals surface area contributed by atoms with Gasteiger partial charge in [0.15, 0.2) is 17.7 Å². The largest absolute Gasteiger partial charge is 0.490 e. The quantitative estimate of drug-likeness (QED) is 0.749. The predicted octanol–water partition coefficient (Wildman–Crippen LogP) is 2.72. The Morgan fingerprint density at radius 3 is 2.84 bits per heavy atom. The standard InChI is InChI=1S/C12H14BrF2NO3/c1-16(18-2)12(17)9(14)6-7-19-10-5-3-4-8(13)11(10)15/h3-5,9H,6-7H2,1-2H3. The molecule has 0 N–H and O–H groups in total. The van der Waals surface area contributed by atoms with Crippen LogP contribution in [0.1, 0.15) is 6.42 Å². The van der Waals surface area contributed by atoms with Crippen LogP contribution in [0.2, 0.25) is 0 Å². The molecule has 0 aliphatic heterocycles. The van der Waals surface area contributed by atoms with Crippen molar-refractivity contribution in [3.05, 3.63) is 28.5 Å². The zero-order valence-corrected chi connectivity index (χ0v) is 12.1. The van der Waals surface area contributed by atoms with Crippen LogP contribution in [0.5, 0.6) is 5.75 Å². The van der Waals surface area contributed by atoms with Gasteiger partial charge in [-0.2, -0.15) is 0 Å². The maximum Gasteiger partial charge on any atom is 0.280 e. The summed E-state index contributed by atoms with van der Waals surface area (Å²) in [6.07, 6.45) is -1.93. The Kier molecular flexibility index (Phi) is 6.17. The molecule has 0 saturated heterocycles. The van der Waals surface area contributed by atoms with E-state index in [-0.39, 0.29) is 23.2 Å². The lowest BCUT2D eigenvalue weighted by Gasteiger charge is -2.16. The van der Waals surface area contributed by atoms with Gasteiger partial charge in [-0.15, -0.1) is 0 Å². The highest BCUT2D eigenvalue weighted by molar-refractivity contribution is 9.10. The van der Waals surface area contributed by atoms with Gasteiger partial charge in [-0.1, -0.05) is 6.07 Å². The summed E-state index contributed by atoms with van der Waals surface area (Å²) in [4.78, 5) is 15.9. The number of carbonyl (C=O) groups is 1. The summed E-state index contributed by atoms with van der Waals surface area (Å²) in [6.45, 7) is -0.113. The average molecular weight is 338 g/mol. The fourth-order valence-electron chi connectivity index (χ4n) is 1.28. The summed E-state index contributed by atoms with van der Waals surface area (Å²) >= 11 is 3.01. The van der Waals surface area contributed by atoms with Crippen LogP contribution in [0.4, 0.5) is 8.78 Å². The van der Waals surface area contributed by atoms with Crippen molar-refractivity contribution in [3.63, 3.8) is 0 Å². The molecule has 7 heteroatoms. The van der Waals surface area contributed by atoms with Crippen molar-refractivity contribution in [2.75, 3.05) is 20.8 Å². The minimum Gasteiger partial charge on any atom is -0.490 e. The van der Waals surface area contributed by atoms with Crippen molar-refractivity contribution in [3.8, 4) is 5.75 Å². The fraction of sp³-hybridized carbons (Fsp3) is 0.417. The molecule has 1 unspecified atom stereocenters. The van der Waals surface area contributed by atoms with Gasteiger partial charge in [0.25, 0.3) is 5.91 Å². The molecule has 0 radical (unpaired) electrons. The van der Waals surface area contributed by atoms with Gasteiger partial charge >= 0.3 is 0 Å². The van der Waals surface area contributed by atoms with E-state index in [4.69, 9.17) is 4.74 Å². The monoisotopic (exact) mass is 337 g/mol. The lowest BCUT2D eigenvalue weighted by Crippen LogP contribution is -2.34. The lowest BCUT2D eigenvalue weighted by atomic mass is 10.2. The normalized spacial score (nSPS) is 12.1. The van der Waals surface area contributed by atoms with Crippen LogP contribution in [0.3, 0.4) is 0 Å². The molecule has 1 rings (SSSR count). The molecule has 0 spiro atoms. The number of hydroxylamine groups is 2. The molecule has 0 bridgehead atoms. The van der Waals surface area contributed by atoms with Crippen molar-refractivity contribution in [1.29, 1.82) is 0 Å². The number of carbonyl (C=O) groups excluding carboxylic acids is 1. The van der Waals surface area contributed by atoms with E-state index in [1.165, 1.54) is 26.3 Å². The minimum atomic E-state index is -1.75. The minimum absolute atomic E-state index is 0.00844. The highest BCUT2D eigenvalue weighted by Gasteiger charge is 2.21. The Bertz CT molecular complexity index is 445. The first kappa shape index (κ1) is 15.8. The Balaban J connectivity index is 2.46. The Hall–Kier alpha value is -1.21. The number of ether oxygens (including phenoxy) is 1. The number of hydrogen-bond donors (Lipinski definition) is 0. The van der Waals surface area contributed by atoms with E-state index in [0.29, 0.717) is 0 Å². The lowest BCUT2D eigenvalue weighted by molar-refractivity contribution is -0.174. The first-order chi connectivity index (χ1) is 8.97. The molecule has 0 aliphatic rings. The van der Waals surface area contributed by atoms with Crippen molar-refractivity contribution < 1.29 is 23.1 Å². The second-order valence-corrected chi connectivity index (χ2v) is 4.53. The smallest absolute Gasteiger partial charge is 0.280 e. The zero-order chi connectivity index (χ0) is 14.4. The Morgan fingerprint density at radius 2 is 2.21 bits per heavy atom. The van der Waals surface area contributed by atoms with E-state index in [1.807, 2.05) is 0 Å². The van der Waals surface area contributed by atoms with Gasteiger partial charge in [-0.05, 0) is 28.1 Å². The van der Waals surface area contributed by atoms with Crippen LogP contribution in [0, 0.1) is 5.82 Å². The van der Waals surface area contributed by atoms with Gasteiger partial charge in [0.05, 0.1) is 18.2 Å². The number of halogens is 3. The third-order valence-corrected chi connectivity index (χ3v) is 3.01. The third-order valence-electron chi connectivity index (χ3n) is 2.40. The molecule has 1 amide bonds. The van der Waals surface area contributed by atoms with E-state index in [9.17, 15) is 13.6 Å². The van der Waals surface area contributed by atoms with Gasteiger partial charge in [0.2, 0.25) is 0 Å². The fourth-order valence-corrected chi connectivity index (χ4v) is 1.63. The van der Waals surface area contributed by atoms with Crippen molar-refractivity contribution in [2.45, 2.75) is 12.6 Å². The molecule has 4 nitrogen and oxygen atoms in total. The summed E-state index contributed by atoms with van der Waals surface area (Å²) < 4.78 is 32.3. The van der Waals surface area contributed by atoms with E-state index >= 15 is 0 Å². The number of rotatable bonds is 6. The van der Waals surface area contributed by atoms with Gasteiger partial charge in [-0.3, -0.25) is 9.63 Å². The molecule has 19 heavy (non-hydrogen) atoms. The molecule has 0 aromatic heterocycles. The maximum absolute atomic E-state index is 13.5. The SMILES string of the molecule is CON(C)C(=O)C(F)CCOc1cccc(Br)c1F. The molecule has 1 atom stereocenters. The molecule has 106 valence electrons. The summed E-state index contributed by atoms with van der Waals surface area (Å²) in [5, 5.41) is 0.796. The van der Waals surface area contributed by atoms with Gasteiger partial charge in [0.1, 0.15) is 0 Å². The van der Waals surface area contributed by atoms with Crippen molar-refractivity contribution in [1.82, 2.24) is 5.06 Å². The van der Waals surface area contributed by atoms with Gasteiger partial charge in [0, 0.05) is 13.5 Å². The van der Waals surface area contributed by atoms with Crippen LogP contribution in [-0.4, -0.2) is 37.9 Å². The van der Waals surface area contributed by atoms with Crippen molar-refractivity contribution >= 4 is 21.8 Å². The second kappa shape index (κ2) is 7.40. The molecule has 1 aromatic carbocycles. The number of hydrogen-bond acceptors (Lipinski definition) is 3. The molecule has 0 fully saturated rings. The molecular formula is C12H14BrF2NO3. The summed E-state index contributed by atoms with van der Waals surface area (Å²) in [5.74, 6) is -1.35. The van der Waals surface area contributed by atoms with Crippen LogP contribution in [0.15, 0.2) is 22.7 Å². The molecule has 1 aromatic rings. The van der Waals surface area contributed by atoms with Crippen LogP contribution in [0.25, 0.3) is 0 Å². The zero-order valence-electron chi connectivity index (χ0n) is 10.5.